The molecule has 0 aromatic carbocycles. The highest BCUT2D eigenvalue weighted by atomic mass is 32.1. The summed E-state index contributed by atoms with van der Waals surface area (Å²) in [6, 6.07) is -1.69. The van der Waals surface area contributed by atoms with Gasteiger partial charge in [0.1, 0.15) is 5.82 Å². The number of carbonyl (C=O) groups is 2. The van der Waals surface area contributed by atoms with Gasteiger partial charge in [-0.3, -0.25) is 0 Å². The van der Waals surface area contributed by atoms with Crippen LogP contribution in [0.25, 0.3) is 0 Å². The van der Waals surface area contributed by atoms with Crippen molar-refractivity contribution in [2.75, 3.05) is 5.32 Å². The fraction of sp³-hybridized carbons (Fsp3) is 0.333. The standard InChI is InChI=1S/C6H7N3O4S/c1-2-7-6(14-9-2)8-3(4(10)11)5(12)13/h3H,1H3,(H,10,11)(H,12,13)(H,7,8,9). The predicted octanol–water partition coefficient (Wildman–Crippen LogP) is -0.204. The minimum Gasteiger partial charge on any atom is -0.479 e. The molecule has 76 valence electrons. The summed E-state index contributed by atoms with van der Waals surface area (Å²) in [6.07, 6.45) is 0. The summed E-state index contributed by atoms with van der Waals surface area (Å²) in [7, 11) is 0. The number of rotatable bonds is 4. The first-order valence-electron chi connectivity index (χ1n) is 3.53. The predicted molar refractivity (Wildman–Crippen MR) is 47.3 cm³/mol. The number of anilines is 1. The topological polar surface area (TPSA) is 112 Å². The zero-order valence-electron chi connectivity index (χ0n) is 7.09. The van der Waals surface area contributed by atoms with Crippen LogP contribution in [-0.2, 0) is 9.59 Å². The summed E-state index contributed by atoms with van der Waals surface area (Å²) < 4.78 is 3.77. The van der Waals surface area contributed by atoms with Gasteiger partial charge < -0.3 is 15.5 Å². The molecular weight excluding hydrogens is 210 g/mol. The van der Waals surface area contributed by atoms with Gasteiger partial charge in [0.2, 0.25) is 11.2 Å². The van der Waals surface area contributed by atoms with E-state index < -0.39 is 18.0 Å². The summed E-state index contributed by atoms with van der Waals surface area (Å²) in [5.74, 6) is -2.47. The highest BCUT2D eigenvalue weighted by molar-refractivity contribution is 7.09. The Hall–Kier alpha value is -1.70. The molecule has 14 heavy (non-hydrogen) atoms. The van der Waals surface area contributed by atoms with Gasteiger partial charge in [-0.1, -0.05) is 0 Å². The molecule has 0 aliphatic carbocycles. The van der Waals surface area contributed by atoms with Crippen molar-refractivity contribution in [2.45, 2.75) is 13.0 Å². The molecule has 0 fully saturated rings. The monoisotopic (exact) mass is 217 g/mol. The Balaban J connectivity index is 2.74. The van der Waals surface area contributed by atoms with Crippen molar-refractivity contribution in [3.8, 4) is 0 Å². The second-order valence-corrected chi connectivity index (χ2v) is 3.15. The van der Waals surface area contributed by atoms with E-state index >= 15 is 0 Å². The van der Waals surface area contributed by atoms with Crippen LogP contribution in [0.15, 0.2) is 0 Å². The second kappa shape index (κ2) is 4.01. The average molecular weight is 217 g/mol. The van der Waals surface area contributed by atoms with Crippen molar-refractivity contribution in [3.05, 3.63) is 5.82 Å². The molecule has 0 saturated heterocycles. The van der Waals surface area contributed by atoms with Crippen LogP contribution >= 0.6 is 11.5 Å². The first-order valence-corrected chi connectivity index (χ1v) is 4.30. The summed E-state index contributed by atoms with van der Waals surface area (Å²) in [4.78, 5) is 24.7. The maximum Gasteiger partial charge on any atom is 0.338 e. The lowest BCUT2D eigenvalue weighted by atomic mass is 10.3. The molecule has 1 heterocycles. The van der Waals surface area contributed by atoms with Crippen LogP contribution in [0.4, 0.5) is 5.13 Å². The number of nitrogens with one attached hydrogen (secondary N) is 1. The van der Waals surface area contributed by atoms with E-state index in [2.05, 4.69) is 14.7 Å². The number of aromatic nitrogens is 2. The number of aryl methyl sites for hydroxylation is 1. The van der Waals surface area contributed by atoms with Crippen molar-refractivity contribution in [1.82, 2.24) is 9.36 Å². The van der Waals surface area contributed by atoms with Crippen LogP contribution in [0.2, 0.25) is 0 Å². The van der Waals surface area contributed by atoms with Crippen LogP contribution in [0.3, 0.4) is 0 Å². The summed E-state index contributed by atoms with van der Waals surface area (Å²) >= 11 is 0.914. The average Bonchev–Trinajstić information content (AvgIpc) is 2.46. The number of aliphatic carboxylic acids is 2. The molecule has 0 aliphatic rings. The van der Waals surface area contributed by atoms with Crippen molar-refractivity contribution in [2.24, 2.45) is 0 Å². The molecule has 0 radical (unpaired) electrons. The van der Waals surface area contributed by atoms with Gasteiger partial charge in [0, 0.05) is 11.5 Å². The third-order valence-electron chi connectivity index (χ3n) is 1.29. The van der Waals surface area contributed by atoms with Crippen molar-refractivity contribution in [1.29, 1.82) is 0 Å². The van der Waals surface area contributed by atoms with Crippen LogP contribution in [0, 0.1) is 6.92 Å². The summed E-state index contributed by atoms with van der Waals surface area (Å²) in [5, 5.41) is 19.5. The van der Waals surface area contributed by atoms with Gasteiger partial charge in [-0.2, -0.15) is 4.37 Å². The van der Waals surface area contributed by atoms with Crippen molar-refractivity contribution in [3.63, 3.8) is 0 Å². The Bertz CT molecular complexity index is 350. The van der Waals surface area contributed by atoms with Crippen LogP contribution in [0.1, 0.15) is 5.82 Å². The number of hydrogen-bond acceptors (Lipinski definition) is 6. The maximum absolute atomic E-state index is 10.5. The fourth-order valence-corrected chi connectivity index (χ4v) is 1.31. The zero-order chi connectivity index (χ0) is 10.7. The van der Waals surface area contributed by atoms with Crippen LogP contribution < -0.4 is 5.32 Å². The molecule has 1 rings (SSSR count). The van der Waals surface area contributed by atoms with Gasteiger partial charge in [-0.15, -0.1) is 0 Å². The van der Waals surface area contributed by atoms with Crippen LogP contribution in [0.5, 0.6) is 0 Å². The lowest BCUT2D eigenvalue weighted by Gasteiger charge is -2.06. The van der Waals surface area contributed by atoms with E-state index in [9.17, 15) is 9.59 Å². The van der Waals surface area contributed by atoms with E-state index in [4.69, 9.17) is 10.2 Å². The minimum absolute atomic E-state index is 0.178. The SMILES string of the molecule is Cc1nsc(NC(C(=O)O)C(=O)O)n1. The Morgan fingerprint density at radius 3 is 2.36 bits per heavy atom. The molecular formula is C6H7N3O4S. The molecule has 0 unspecified atom stereocenters. The summed E-state index contributed by atoms with van der Waals surface area (Å²) in [6.45, 7) is 1.62. The Morgan fingerprint density at radius 1 is 1.43 bits per heavy atom. The lowest BCUT2D eigenvalue weighted by molar-refractivity contribution is -0.148. The fourth-order valence-electron chi connectivity index (χ4n) is 0.708. The molecule has 0 amide bonds. The summed E-state index contributed by atoms with van der Waals surface area (Å²) in [5.41, 5.74) is 0. The molecule has 7 nitrogen and oxygen atoms in total. The minimum atomic E-state index is -1.69. The Labute approximate surface area is 82.6 Å². The van der Waals surface area contributed by atoms with Gasteiger partial charge in [0.05, 0.1) is 0 Å². The van der Waals surface area contributed by atoms with Gasteiger partial charge in [-0.05, 0) is 6.92 Å². The molecule has 1 aromatic heterocycles. The van der Waals surface area contributed by atoms with E-state index in [0.29, 0.717) is 5.82 Å². The lowest BCUT2D eigenvalue weighted by Crippen LogP contribution is -2.37. The molecule has 0 saturated carbocycles. The molecule has 3 N–H and O–H groups in total. The van der Waals surface area contributed by atoms with Gasteiger partial charge in [-0.25, -0.2) is 14.6 Å². The zero-order valence-corrected chi connectivity index (χ0v) is 7.91. The van der Waals surface area contributed by atoms with E-state index in [1.54, 1.807) is 6.92 Å². The number of carboxylic acid groups (broad SMARTS) is 2. The number of carboxylic acids is 2. The highest BCUT2D eigenvalue weighted by Crippen LogP contribution is 2.11. The second-order valence-electron chi connectivity index (χ2n) is 2.40. The smallest absolute Gasteiger partial charge is 0.338 e. The molecule has 8 heteroatoms. The molecule has 0 atom stereocenters. The quantitative estimate of drug-likeness (QED) is 0.598. The molecule has 0 spiro atoms. The molecule has 0 bridgehead atoms. The van der Waals surface area contributed by atoms with E-state index in [-0.39, 0.29) is 5.13 Å². The van der Waals surface area contributed by atoms with Gasteiger partial charge >= 0.3 is 11.9 Å². The van der Waals surface area contributed by atoms with Crippen LogP contribution in [-0.4, -0.2) is 37.6 Å². The van der Waals surface area contributed by atoms with E-state index in [0.717, 1.165) is 11.5 Å². The molecule has 1 aromatic rings. The number of nitrogens with zero attached hydrogens (tertiary/aromatic N) is 2. The van der Waals surface area contributed by atoms with Gasteiger partial charge in [0.15, 0.2) is 0 Å². The first kappa shape index (κ1) is 10.4. The third kappa shape index (κ3) is 2.39. The number of hydrogen-bond donors (Lipinski definition) is 3. The highest BCUT2D eigenvalue weighted by Gasteiger charge is 2.26. The van der Waals surface area contributed by atoms with E-state index in [1.165, 1.54) is 0 Å². The largest absolute Gasteiger partial charge is 0.479 e. The molecule has 0 aliphatic heterocycles. The Kier molecular flexibility index (Phi) is 2.97. The maximum atomic E-state index is 10.5. The van der Waals surface area contributed by atoms with Crippen molar-refractivity contribution < 1.29 is 19.8 Å². The third-order valence-corrected chi connectivity index (χ3v) is 2.03. The van der Waals surface area contributed by atoms with E-state index in [1.807, 2.05) is 0 Å². The Morgan fingerprint density at radius 2 is 2.00 bits per heavy atom. The van der Waals surface area contributed by atoms with Crippen molar-refractivity contribution >= 4 is 28.6 Å². The first-order chi connectivity index (χ1) is 6.50. The normalized spacial score (nSPS) is 10.1. The van der Waals surface area contributed by atoms with Gasteiger partial charge in [0.25, 0.3) is 0 Å².